The minimum Gasteiger partial charge on any atom is -0.496 e. The van der Waals surface area contributed by atoms with Crippen molar-refractivity contribution >= 4 is 28.0 Å². The molecule has 11 nitrogen and oxygen atoms in total. The molecule has 0 radical (unpaired) electrons. The van der Waals surface area contributed by atoms with E-state index in [0.29, 0.717) is 0 Å². The molecule has 0 saturated carbocycles. The minimum absolute atomic E-state index is 0.0140. The van der Waals surface area contributed by atoms with Crippen LogP contribution < -0.4 is 4.18 Å². The zero-order chi connectivity index (χ0) is 28.1. The Morgan fingerprint density at radius 3 is 2.00 bits per heavy atom. The minimum atomic E-state index is -5.99. The second kappa shape index (κ2) is 11.8. The summed E-state index contributed by atoms with van der Waals surface area (Å²) in [5, 5.41) is 0. The molecule has 0 aliphatic carbocycles. The van der Waals surface area contributed by atoms with Gasteiger partial charge in [0.25, 0.3) is 0 Å². The molecule has 1 aliphatic heterocycles. The van der Waals surface area contributed by atoms with Crippen molar-refractivity contribution in [3.8, 4) is 5.75 Å². The molecule has 206 valence electrons. The van der Waals surface area contributed by atoms with Crippen molar-refractivity contribution in [3.63, 3.8) is 0 Å². The quantitative estimate of drug-likeness (QED) is 0.146. The number of rotatable bonds is 9. The van der Waals surface area contributed by atoms with Gasteiger partial charge in [-0.3, -0.25) is 14.4 Å². The van der Waals surface area contributed by atoms with E-state index >= 15 is 0 Å². The van der Waals surface area contributed by atoms with Gasteiger partial charge >= 0.3 is 33.5 Å². The maximum absolute atomic E-state index is 12.8. The Morgan fingerprint density at radius 1 is 0.946 bits per heavy atom. The Bertz CT molecular complexity index is 1130. The van der Waals surface area contributed by atoms with Gasteiger partial charge in [-0.25, -0.2) is 0 Å². The summed E-state index contributed by atoms with van der Waals surface area (Å²) in [6, 6.07) is 4.35. The number of carbonyl (C=O) groups excluding carboxylic acids is 3. The highest BCUT2D eigenvalue weighted by Crippen LogP contribution is 2.39. The Kier molecular flexibility index (Phi) is 9.54. The van der Waals surface area contributed by atoms with Crippen LogP contribution in [-0.2, 0) is 48.2 Å². The summed E-state index contributed by atoms with van der Waals surface area (Å²) in [7, 11) is -5.99. The van der Waals surface area contributed by atoms with E-state index in [9.17, 15) is 36.0 Å². The van der Waals surface area contributed by atoms with E-state index in [-0.39, 0.29) is 17.9 Å². The first-order valence-corrected chi connectivity index (χ1v) is 12.0. The molecule has 1 aromatic carbocycles. The predicted octanol–water partition coefficient (Wildman–Crippen LogP) is 2.70. The van der Waals surface area contributed by atoms with Gasteiger partial charge in [-0.15, -0.1) is 0 Å². The molecule has 0 N–H and O–H groups in total. The third kappa shape index (κ3) is 8.08. The fourth-order valence-electron chi connectivity index (χ4n) is 3.44. The largest absolute Gasteiger partial charge is 0.534 e. The second-order valence-corrected chi connectivity index (χ2v) is 9.42. The van der Waals surface area contributed by atoms with Gasteiger partial charge in [0.15, 0.2) is 18.3 Å². The molecule has 5 unspecified atom stereocenters. The molecular formula is C22H25F3O11S. The number of ether oxygens (including phenoxy) is 5. The number of allylic oxidation sites excluding steroid dienone is 1. The van der Waals surface area contributed by atoms with Crippen molar-refractivity contribution < 1.29 is 63.8 Å². The standard InChI is InChI=1S/C22H25F3O11S/c1-11(2)31-10-17-19(32-12(3)26)21(34-14(5)28)20(33-13(4)27)18(35-17)15-7-6-8-16(9-15)36-37(29,30)22(23,24)25/h6-9,17-21H,1,10H2,2-5H3. The van der Waals surface area contributed by atoms with Crippen molar-refractivity contribution in [2.24, 2.45) is 0 Å². The molecule has 0 spiro atoms. The third-order valence-corrected chi connectivity index (χ3v) is 5.69. The van der Waals surface area contributed by atoms with Gasteiger partial charge in [0.1, 0.15) is 24.6 Å². The van der Waals surface area contributed by atoms with Crippen LogP contribution in [0.5, 0.6) is 5.75 Å². The van der Waals surface area contributed by atoms with E-state index in [1.54, 1.807) is 0 Å². The van der Waals surface area contributed by atoms with Crippen molar-refractivity contribution in [3.05, 3.63) is 42.2 Å². The molecule has 0 bridgehead atoms. The number of benzene rings is 1. The molecule has 5 atom stereocenters. The highest BCUT2D eigenvalue weighted by Gasteiger charge is 2.53. The van der Waals surface area contributed by atoms with Crippen LogP contribution in [0.4, 0.5) is 13.2 Å². The first kappa shape index (κ1) is 29.9. The summed E-state index contributed by atoms with van der Waals surface area (Å²) in [6.45, 7) is 7.99. The van der Waals surface area contributed by atoms with E-state index < -0.39 is 69.8 Å². The molecule has 2 rings (SSSR count). The first-order chi connectivity index (χ1) is 17.0. The highest BCUT2D eigenvalue weighted by atomic mass is 32.2. The second-order valence-electron chi connectivity index (χ2n) is 7.89. The molecule has 15 heteroatoms. The van der Waals surface area contributed by atoms with Crippen molar-refractivity contribution in [2.45, 2.75) is 63.7 Å². The van der Waals surface area contributed by atoms with Crippen molar-refractivity contribution in [1.82, 2.24) is 0 Å². The van der Waals surface area contributed by atoms with E-state index in [1.165, 1.54) is 19.1 Å². The lowest BCUT2D eigenvalue weighted by Crippen LogP contribution is -2.59. The average molecular weight is 554 g/mol. The lowest BCUT2D eigenvalue weighted by atomic mass is 9.90. The molecule has 1 aromatic rings. The van der Waals surface area contributed by atoms with Crippen LogP contribution in [0.25, 0.3) is 0 Å². The average Bonchev–Trinajstić information content (AvgIpc) is 2.73. The SMILES string of the molecule is C=C(C)OCC1OC(c2cccc(OS(=O)(=O)C(F)(F)F)c2)C(OC(C)=O)C(OC(C)=O)C1OC(C)=O. The van der Waals surface area contributed by atoms with Crippen LogP contribution >= 0.6 is 0 Å². The number of esters is 3. The number of carbonyl (C=O) groups is 3. The molecule has 37 heavy (non-hydrogen) atoms. The van der Waals surface area contributed by atoms with Gasteiger partial charge in [0.05, 0.1) is 5.76 Å². The Morgan fingerprint density at radius 2 is 1.49 bits per heavy atom. The van der Waals surface area contributed by atoms with Crippen LogP contribution in [0.15, 0.2) is 36.6 Å². The third-order valence-electron chi connectivity index (χ3n) is 4.71. The highest BCUT2D eigenvalue weighted by molar-refractivity contribution is 7.88. The van der Waals surface area contributed by atoms with Gasteiger partial charge in [-0.05, 0) is 24.6 Å². The summed E-state index contributed by atoms with van der Waals surface area (Å²) in [4.78, 5) is 35.6. The van der Waals surface area contributed by atoms with Gasteiger partial charge in [-0.1, -0.05) is 18.7 Å². The van der Waals surface area contributed by atoms with E-state index in [0.717, 1.165) is 32.9 Å². The summed E-state index contributed by atoms with van der Waals surface area (Å²) < 4.78 is 92.8. The maximum Gasteiger partial charge on any atom is 0.534 e. The van der Waals surface area contributed by atoms with Gasteiger partial charge in [0, 0.05) is 20.8 Å². The normalized spacial score (nSPS) is 23.9. The van der Waals surface area contributed by atoms with Crippen LogP contribution in [-0.4, -0.2) is 62.9 Å². The number of hydrogen-bond acceptors (Lipinski definition) is 11. The molecule has 1 aliphatic rings. The Labute approximate surface area is 210 Å². The fraction of sp³-hybridized carbons (Fsp3) is 0.500. The Balaban J connectivity index is 2.59. The number of alkyl halides is 3. The Hall–Kier alpha value is -3.33. The van der Waals surface area contributed by atoms with E-state index in [2.05, 4.69) is 10.8 Å². The maximum atomic E-state index is 12.8. The van der Waals surface area contributed by atoms with Gasteiger partial charge in [-0.2, -0.15) is 21.6 Å². The number of hydrogen-bond donors (Lipinski definition) is 0. The zero-order valence-corrected chi connectivity index (χ0v) is 21.0. The van der Waals surface area contributed by atoms with Gasteiger partial charge in [0.2, 0.25) is 0 Å². The van der Waals surface area contributed by atoms with E-state index in [4.69, 9.17) is 23.7 Å². The summed E-state index contributed by atoms with van der Waals surface area (Å²) in [5.41, 5.74) is -5.70. The van der Waals surface area contributed by atoms with Crippen molar-refractivity contribution in [1.29, 1.82) is 0 Å². The smallest absolute Gasteiger partial charge is 0.496 e. The molecule has 1 fully saturated rings. The topological polar surface area (TPSA) is 141 Å². The molecular weight excluding hydrogens is 529 g/mol. The van der Waals surface area contributed by atoms with E-state index in [1.807, 2.05) is 0 Å². The molecule has 0 aromatic heterocycles. The lowest BCUT2D eigenvalue weighted by molar-refractivity contribution is -0.254. The number of halogens is 3. The van der Waals surface area contributed by atoms with Crippen LogP contribution in [0.1, 0.15) is 39.4 Å². The fourth-order valence-corrected chi connectivity index (χ4v) is 3.89. The van der Waals surface area contributed by atoms with Crippen molar-refractivity contribution in [2.75, 3.05) is 6.61 Å². The zero-order valence-electron chi connectivity index (χ0n) is 20.1. The summed E-state index contributed by atoms with van der Waals surface area (Å²) in [5.74, 6) is -2.96. The monoisotopic (exact) mass is 554 g/mol. The molecule has 0 amide bonds. The molecule has 1 saturated heterocycles. The summed E-state index contributed by atoms with van der Waals surface area (Å²) >= 11 is 0. The van der Waals surface area contributed by atoms with Crippen LogP contribution in [0.2, 0.25) is 0 Å². The first-order valence-electron chi connectivity index (χ1n) is 10.6. The van der Waals surface area contributed by atoms with Crippen LogP contribution in [0, 0.1) is 0 Å². The predicted molar refractivity (Wildman–Crippen MR) is 117 cm³/mol. The molecule has 1 heterocycles. The van der Waals surface area contributed by atoms with Gasteiger partial charge < -0.3 is 27.9 Å². The summed E-state index contributed by atoms with van der Waals surface area (Å²) in [6.07, 6.45) is -6.81. The lowest BCUT2D eigenvalue weighted by Gasteiger charge is -2.44. The van der Waals surface area contributed by atoms with Crippen LogP contribution in [0.3, 0.4) is 0 Å².